The number of β-amino-alcohol motifs (C(OH)–C–C–N with tert-alkyl or cyclic N) is 1. The number of carbonyl (C=O) groups is 1. The molecule has 1 N–H and O–H groups in total. The van der Waals surface area contributed by atoms with Gasteiger partial charge in [-0.05, 0) is 30.9 Å². The number of rotatable bonds is 2. The van der Waals surface area contributed by atoms with Crippen molar-refractivity contribution in [2.24, 2.45) is 5.92 Å². The number of aliphatic hydroxyl groups is 1. The zero-order chi connectivity index (χ0) is 14.6. The predicted molar refractivity (Wildman–Crippen MR) is 76.1 cm³/mol. The summed E-state index contributed by atoms with van der Waals surface area (Å²) >= 11 is 0. The normalized spacial score (nSPS) is 20.3. The second-order valence-corrected chi connectivity index (χ2v) is 6.01. The minimum atomic E-state index is -0.729. The molecule has 0 atom stereocenters. The van der Waals surface area contributed by atoms with Gasteiger partial charge in [-0.3, -0.25) is 9.59 Å². The lowest BCUT2D eigenvalue weighted by Crippen LogP contribution is -2.64. The summed E-state index contributed by atoms with van der Waals surface area (Å²) in [5.74, 6) is 0.0323. The maximum absolute atomic E-state index is 12.3. The van der Waals surface area contributed by atoms with Crippen molar-refractivity contribution in [1.82, 2.24) is 4.90 Å². The Balaban J connectivity index is 1.62. The number of fused-ring (bicyclic) bond motifs is 1. The van der Waals surface area contributed by atoms with Crippen LogP contribution in [0.1, 0.15) is 23.4 Å². The molecule has 5 heteroatoms. The molecular formula is C16H15NO4. The van der Waals surface area contributed by atoms with Gasteiger partial charge in [-0.25, -0.2) is 0 Å². The van der Waals surface area contributed by atoms with E-state index in [-0.39, 0.29) is 17.1 Å². The number of nitrogens with zero attached hydrogens (tertiary/aromatic N) is 1. The van der Waals surface area contributed by atoms with Gasteiger partial charge in [0.25, 0.3) is 5.91 Å². The first-order valence-corrected chi connectivity index (χ1v) is 7.11. The van der Waals surface area contributed by atoms with Gasteiger partial charge in [0.05, 0.1) is 18.5 Å². The summed E-state index contributed by atoms with van der Waals surface area (Å²) < 4.78 is 5.53. The fourth-order valence-electron chi connectivity index (χ4n) is 3.00. The number of hydrogen-bond donors (Lipinski definition) is 1. The molecule has 1 aromatic heterocycles. The maximum Gasteiger partial charge on any atom is 0.289 e. The van der Waals surface area contributed by atoms with Crippen LogP contribution in [0.5, 0.6) is 0 Å². The van der Waals surface area contributed by atoms with Gasteiger partial charge in [-0.2, -0.15) is 0 Å². The third-order valence-corrected chi connectivity index (χ3v) is 4.40. The van der Waals surface area contributed by atoms with Gasteiger partial charge in [0.1, 0.15) is 11.2 Å². The van der Waals surface area contributed by atoms with Gasteiger partial charge in [0, 0.05) is 6.07 Å². The van der Waals surface area contributed by atoms with Crippen LogP contribution in [0.3, 0.4) is 0 Å². The Kier molecular flexibility index (Phi) is 2.50. The van der Waals surface area contributed by atoms with Crippen molar-refractivity contribution in [3.05, 3.63) is 46.3 Å². The van der Waals surface area contributed by atoms with Crippen molar-refractivity contribution in [3.8, 4) is 0 Å². The number of benzene rings is 1. The van der Waals surface area contributed by atoms with Crippen molar-refractivity contribution < 1.29 is 14.3 Å². The average molecular weight is 285 g/mol. The SMILES string of the molecule is O=C(c1cc(=O)c2ccccc2o1)N1CC(O)(C2CC2)C1. The van der Waals surface area contributed by atoms with E-state index in [1.165, 1.54) is 11.0 Å². The molecule has 1 saturated carbocycles. The van der Waals surface area contributed by atoms with Crippen molar-refractivity contribution in [1.29, 1.82) is 0 Å². The lowest BCUT2D eigenvalue weighted by atomic mass is 9.88. The number of carbonyl (C=O) groups excluding carboxylic acids is 1. The van der Waals surface area contributed by atoms with Crippen LogP contribution in [0.4, 0.5) is 0 Å². The third-order valence-electron chi connectivity index (χ3n) is 4.40. The molecule has 2 aromatic rings. The molecule has 108 valence electrons. The molecule has 1 saturated heterocycles. The van der Waals surface area contributed by atoms with E-state index in [1.807, 2.05) is 0 Å². The summed E-state index contributed by atoms with van der Waals surface area (Å²) in [6, 6.07) is 8.09. The Hall–Kier alpha value is -2.14. The lowest BCUT2D eigenvalue weighted by molar-refractivity contribution is -0.0965. The summed E-state index contributed by atoms with van der Waals surface area (Å²) in [7, 11) is 0. The van der Waals surface area contributed by atoms with E-state index < -0.39 is 5.60 Å². The molecule has 0 spiro atoms. The van der Waals surface area contributed by atoms with Gasteiger partial charge < -0.3 is 14.4 Å². The molecule has 1 aliphatic heterocycles. The van der Waals surface area contributed by atoms with Crippen LogP contribution in [-0.4, -0.2) is 34.6 Å². The van der Waals surface area contributed by atoms with E-state index in [0.717, 1.165) is 12.8 Å². The van der Waals surface area contributed by atoms with Gasteiger partial charge in [-0.15, -0.1) is 0 Å². The van der Waals surface area contributed by atoms with Crippen LogP contribution in [0.25, 0.3) is 11.0 Å². The highest BCUT2D eigenvalue weighted by molar-refractivity contribution is 5.93. The number of hydrogen-bond acceptors (Lipinski definition) is 4. The lowest BCUT2D eigenvalue weighted by Gasteiger charge is -2.46. The molecular weight excluding hydrogens is 270 g/mol. The van der Waals surface area contributed by atoms with Crippen molar-refractivity contribution in [2.45, 2.75) is 18.4 Å². The third kappa shape index (κ3) is 1.96. The Morgan fingerprint density at radius 3 is 2.71 bits per heavy atom. The predicted octanol–water partition coefficient (Wildman–Crippen LogP) is 1.39. The highest BCUT2D eigenvalue weighted by atomic mass is 16.3. The van der Waals surface area contributed by atoms with Crippen molar-refractivity contribution in [3.63, 3.8) is 0 Å². The first-order valence-electron chi connectivity index (χ1n) is 7.11. The average Bonchev–Trinajstić information content (AvgIpc) is 3.28. The van der Waals surface area contributed by atoms with Gasteiger partial charge >= 0.3 is 0 Å². The topological polar surface area (TPSA) is 70.8 Å². The zero-order valence-electron chi connectivity index (χ0n) is 11.4. The summed E-state index contributed by atoms with van der Waals surface area (Å²) in [6.07, 6.45) is 2.06. The van der Waals surface area contributed by atoms with Crippen LogP contribution in [0.2, 0.25) is 0 Å². The van der Waals surface area contributed by atoms with E-state index in [1.54, 1.807) is 24.3 Å². The Labute approximate surface area is 120 Å². The van der Waals surface area contributed by atoms with E-state index in [4.69, 9.17) is 4.42 Å². The molecule has 0 radical (unpaired) electrons. The smallest absolute Gasteiger partial charge is 0.289 e. The standard InChI is InChI=1S/C16H15NO4/c18-12-7-14(21-13-4-2-1-3-11(12)13)15(19)17-8-16(20,9-17)10-5-6-10/h1-4,7,10,20H,5-6,8-9H2. The van der Waals surface area contributed by atoms with Crippen LogP contribution >= 0.6 is 0 Å². The second kappa shape index (κ2) is 4.18. The Morgan fingerprint density at radius 2 is 2.00 bits per heavy atom. The summed E-state index contributed by atoms with van der Waals surface area (Å²) in [6.45, 7) is 0.653. The minimum Gasteiger partial charge on any atom is -0.451 e. The molecule has 2 fully saturated rings. The summed E-state index contributed by atoms with van der Waals surface area (Å²) in [5, 5.41) is 10.7. The van der Waals surface area contributed by atoms with Crippen LogP contribution in [0.15, 0.2) is 39.5 Å². The van der Waals surface area contributed by atoms with Gasteiger partial charge in [0.2, 0.25) is 0 Å². The monoisotopic (exact) mass is 285 g/mol. The van der Waals surface area contributed by atoms with Crippen molar-refractivity contribution in [2.75, 3.05) is 13.1 Å². The zero-order valence-corrected chi connectivity index (χ0v) is 11.4. The number of likely N-dealkylation sites (tertiary alicyclic amines) is 1. The van der Waals surface area contributed by atoms with Crippen LogP contribution in [0, 0.1) is 5.92 Å². The molecule has 2 aliphatic rings. The van der Waals surface area contributed by atoms with Crippen LogP contribution < -0.4 is 5.43 Å². The molecule has 4 rings (SSSR count). The summed E-state index contributed by atoms with van der Waals surface area (Å²) in [4.78, 5) is 25.9. The Morgan fingerprint density at radius 1 is 1.29 bits per heavy atom. The molecule has 1 aliphatic carbocycles. The Bertz CT molecular complexity index is 784. The molecule has 1 amide bonds. The van der Waals surface area contributed by atoms with E-state index in [9.17, 15) is 14.7 Å². The van der Waals surface area contributed by atoms with Crippen LogP contribution in [-0.2, 0) is 0 Å². The van der Waals surface area contributed by atoms with Gasteiger partial charge in [0.15, 0.2) is 11.2 Å². The molecule has 21 heavy (non-hydrogen) atoms. The minimum absolute atomic E-state index is 0.0385. The van der Waals surface area contributed by atoms with E-state index in [2.05, 4.69) is 0 Å². The second-order valence-electron chi connectivity index (χ2n) is 6.01. The highest BCUT2D eigenvalue weighted by Gasteiger charge is 2.53. The summed E-state index contributed by atoms with van der Waals surface area (Å²) in [5.41, 5.74) is -0.545. The quantitative estimate of drug-likeness (QED) is 0.905. The van der Waals surface area contributed by atoms with Crippen molar-refractivity contribution >= 4 is 16.9 Å². The fourth-order valence-corrected chi connectivity index (χ4v) is 3.00. The van der Waals surface area contributed by atoms with E-state index >= 15 is 0 Å². The first-order chi connectivity index (χ1) is 10.1. The number of para-hydroxylation sites is 1. The molecule has 0 unspecified atom stereocenters. The van der Waals surface area contributed by atoms with E-state index in [0.29, 0.717) is 30.0 Å². The first kappa shape index (κ1) is 12.6. The maximum atomic E-state index is 12.3. The molecule has 0 bridgehead atoms. The van der Waals surface area contributed by atoms with Gasteiger partial charge in [-0.1, -0.05) is 12.1 Å². The molecule has 1 aromatic carbocycles. The molecule has 5 nitrogen and oxygen atoms in total. The fraction of sp³-hybridized carbons (Fsp3) is 0.375. The highest BCUT2D eigenvalue weighted by Crippen LogP contribution is 2.44. The largest absolute Gasteiger partial charge is 0.451 e. The number of amides is 1. The molecule has 2 heterocycles.